The van der Waals surface area contributed by atoms with Gasteiger partial charge in [0.2, 0.25) is 0 Å². The van der Waals surface area contributed by atoms with E-state index in [1.54, 1.807) is 23.1 Å². The molecular weight excluding hydrogens is 346 g/mol. The van der Waals surface area contributed by atoms with E-state index < -0.39 is 5.97 Å². The first kappa shape index (κ1) is 15.3. The standard InChI is InChI=1S/C14H15BrClNO3/c15-10-3-4-12(16)11(7-10)14(20)17-5-1-2-9(8-17)6-13(18)19/h3-4,7,9H,1-2,5-6,8H2,(H,18,19). The Morgan fingerprint density at radius 3 is 2.90 bits per heavy atom. The number of carboxylic acids is 1. The minimum atomic E-state index is -0.815. The molecule has 1 N–H and O–H groups in total. The molecular formula is C14H15BrClNO3. The van der Waals surface area contributed by atoms with Crippen LogP contribution in [0.4, 0.5) is 0 Å². The van der Waals surface area contributed by atoms with Crippen molar-refractivity contribution in [3.05, 3.63) is 33.3 Å². The van der Waals surface area contributed by atoms with Crippen LogP contribution in [0.2, 0.25) is 5.02 Å². The highest BCUT2D eigenvalue weighted by Gasteiger charge is 2.26. The monoisotopic (exact) mass is 359 g/mol. The molecule has 1 aliphatic heterocycles. The number of carbonyl (C=O) groups excluding carboxylic acids is 1. The number of aliphatic carboxylic acids is 1. The number of halogens is 2. The molecule has 108 valence electrons. The average molecular weight is 361 g/mol. The largest absolute Gasteiger partial charge is 0.481 e. The molecule has 0 radical (unpaired) electrons. The van der Waals surface area contributed by atoms with Gasteiger partial charge in [0.25, 0.3) is 5.91 Å². The molecule has 1 saturated heterocycles. The van der Waals surface area contributed by atoms with Gasteiger partial charge in [-0.15, -0.1) is 0 Å². The van der Waals surface area contributed by atoms with Gasteiger partial charge in [-0.1, -0.05) is 27.5 Å². The minimum Gasteiger partial charge on any atom is -0.481 e. The smallest absolute Gasteiger partial charge is 0.303 e. The number of hydrogen-bond donors (Lipinski definition) is 1. The molecule has 2 rings (SSSR count). The first-order valence-corrected chi connectivity index (χ1v) is 7.60. The van der Waals surface area contributed by atoms with Gasteiger partial charge in [0.15, 0.2) is 0 Å². The molecule has 0 bridgehead atoms. The Hall–Kier alpha value is -1.07. The van der Waals surface area contributed by atoms with E-state index in [0.29, 0.717) is 23.7 Å². The second kappa shape index (κ2) is 6.59. The van der Waals surface area contributed by atoms with E-state index in [1.165, 1.54) is 0 Å². The van der Waals surface area contributed by atoms with E-state index in [1.807, 2.05) is 0 Å². The van der Waals surface area contributed by atoms with Crippen molar-refractivity contribution in [2.75, 3.05) is 13.1 Å². The van der Waals surface area contributed by atoms with Crippen LogP contribution in [-0.4, -0.2) is 35.0 Å². The molecule has 4 nitrogen and oxygen atoms in total. The normalized spacial score (nSPS) is 18.9. The van der Waals surface area contributed by atoms with Crippen molar-refractivity contribution in [3.63, 3.8) is 0 Å². The summed E-state index contributed by atoms with van der Waals surface area (Å²) in [6, 6.07) is 5.16. The number of nitrogens with zero attached hydrogens (tertiary/aromatic N) is 1. The quantitative estimate of drug-likeness (QED) is 0.898. The molecule has 1 aliphatic rings. The van der Waals surface area contributed by atoms with Crippen LogP contribution in [0, 0.1) is 5.92 Å². The number of hydrogen-bond acceptors (Lipinski definition) is 2. The first-order chi connectivity index (χ1) is 9.47. The Kier molecular flexibility index (Phi) is 5.05. The highest BCUT2D eigenvalue weighted by Crippen LogP contribution is 2.26. The number of carbonyl (C=O) groups is 2. The van der Waals surface area contributed by atoms with Crippen LogP contribution in [0.15, 0.2) is 22.7 Å². The van der Waals surface area contributed by atoms with Gasteiger partial charge < -0.3 is 10.0 Å². The van der Waals surface area contributed by atoms with Crippen molar-refractivity contribution in [2.45, 2.75) is 19.3 Å². The van der Waals surface area contributed by atoms with Crippen LogP contribution in [0.1, 0.15) is 29.6 Å². The van der Waals surface area contributed by atoms with E-state index in [-0.39, 0.29) is 18.2 Å². The zero-order valence-electron chi connectivity index (χ0n) is 10.8. The number of likely N-dealkylation sites (tertiary alicyclic amines) is 1. The lowest BCUT2D eigenvalue weighted by Crippen LogP contribution is -2.40. The molecule has 1 atom stereocenters. The maximum absolute atomic E-state index is 12.5. The molecule has 1 aromatic carbocycles. The highest BCUT2D eigenvalue weighted by atomic mass is 79.9. The predicted molar refractivity (Wildman–Crippen MR) is 80.0 cm³/mol. The van der Waals surface area contributed by atoms with Gasteiger partial charge in [-0.25, -0.2) is 0 Å². The Labute approximate surface area is 130 Å². The fraction of sp³-hybridized carbons (Fsp3) is 0.429. The first-order valence-electron chi connectivity index (χ1n) is 6.43. The summed E-state index contributed by atoms with van der Waals surface area (Å²) in [6.45, 7) is 1.13. The fourth-order valence-corrected chi connectivity index (χ4v) is 3.05. The van der Waals surface area contributed by atoms with Gasteiger partial charge in [-0.05, 0) is 37.0 Å². The summed E-state index contributed by atoms with van der Waals surface area (Å²) in [5.74, 6) is -0.924. The van der Waals surface area contributed by atoms with E-state index in [9.17, 15) is 9.59 Å². The van der Waals surface area contributed by atoms with Crippen LogP contribution in [0.3, 0.4) is 0 Å². The minimum absolute atomic E-state index is 0.0242. The summed E-state index contributed by atoms with van der Waals surface area (Å²) in [5.41, 5.74) is 0.456. The zero-order valence-corrected chi connectivity index (χ0v) is 13.2. The van der Waals surface area contributed by atoms with Crippen LogP contribution < -0.4 is 0 Å². The van der Waals surface area contributed by atoms with Crippen LogP contribution in [0.25, 0.3) is 0 Å². The highest BCUT2D eigenvalue weighted by molar-refractivity contribution is 9.10. The van der Waals surface area contributed by atoms with Gasteiger partial charge in [-0.2, -0.15) is 0 Å². The van der Waals surface area contributed by atoms with Crippen molar-refractivity contribution >= 4 is 39.4 Å². The average Bonchev–Trinajstić information content (AvgIpc) is 2.40. The SMILES string of the molecule is O=C(O)CC1CCCN(C(=O)c2cc(Br)ccc2Cl)C1. The van der Waals surface area contributed by atoms with E-state index >= 15 is 0 Å². The molecule has 1 unspecified atom stereocenters. The van der Waals surface area contributed by atoms with Crippen molar-refractivity contribution in [1.82, 2.24) is 4.90 Å². The molecule has 0 aliphatic carbocycles. The topological polar surface area (TPSA) is 57.6 Å². The van der Waals surface area contributed by atoms with Gasteiger partial charge >= 0.3 is 5.97 Å². The van der Waals surface area contributed by atoms with Gasteiger partial charge in [0.05, 0.1) is 10.6 Å². The maximum atomic E-state index is 12.5. The van der Waals surface area contributed by atoms with Crippen molar-refractivity contribution in [3.8, 4) is 0 Å². The molecule has 1 aromatic rings. The lowest BCUT2D eigenvalue weighted by molar-refractivity contribution is -0.138. The Morgan fingerprint density at radius 2 is 2.20 bits per heavy atom. The van der Waals surface area contributed by atoms with Crippen LogP contribution >= 0.6 is 27.5 Å². The third-order valence-electron chi connectivity index (χ3n) is 3.43. The number of piperidine rings is 1. The molecule has 0 spiro atoms. The predicted octanol–water partition coefficient (Wildman–Crippen LogP) is 3.43. The fourth-order valence-electron chi connectivity index (χ4n) is 2.49. The summed E-state index contributed by atoms with van der Waals surface area (Å²) in [6.07, 6.45) is 1.79. The lowest BCUT2D eigenvalue weighted by atomic mass is 9.94. The number of carboxylic acid groups (broad SMARTS) is 1. The Morgan fingerprint density at radius 1 is 1.45 bits per heavy atom. The molecule has 0 aromatic heterocycles. The van der Waals surface area contributed by atoms with Gasteiger partial charge in [0.1, 0.15) is 0 Å². The van der Waals surface area contributed by atoms with Gasteiger partial charge in [0, 0.05) is 24.0 Å². The number of rotatable bonds is 3. The second-order valence-corrected chi connectivity index (χ2v) is 6.30. The second-order valence-electron chi connectivity index (χ2n) is 4.98. The molecule has 1 amide bonds. The van der Waals surface area contributed by atoms with E-state index in [4.69, 9.17) is 16.7 Å². The molecule has 1 fully saturated rings. The third kappa shape index (κ3) is 3.73. The summed E-state index contributed by atoms with van der Waals surface area (Å²) in [5, 5.41) is 9.27. The van der Waals surface area contributed by atoms with Gasteiger partial charge in [-0.3, -0.25) is 9.59 Å². The summed E-state index contributed by atoms with van der Waals surface area (Å²) >= 11 is 9.39. The van der Waals surface area contributed by atoms with Crippen LogP contribution in [0.5, 0.6) is 0 Å². The summed E-state index contributed by atoms with van der Waals surface area (Å²) < 4.78 is 0.796. The van der Waals surface area contributed by atoms with E-state index in [0.717, 1.165) is 17.3 Å². The Bertz CT molecular complexity index is 535. The summed E-state index contributed by atoms with van der Waals surface area (Å²) in [4.78, 5) is 25.0. The number of benzene rings is 1. The summed E-state index contributed by atoms with van der Waals surface area (Å²) in [7, 11) is 0. The van der Waals surface area contributed by atoms with Crippen molar-refractivity contribution in [2.24, 2.45) is 5.92 Å². The van der Waals surface area contributed by atoms with E-state index in [2.05, 4.69) is 15.9 Å². The molecule has 20 heavy (non-hydrogen) atoms. The van der Waals surface area contributed by atoms with Crippen molar-refractivity contribution in [1.29, 1.82) is 0 Å². The lowest BCUT2D eigenvalue weighted by Gasteiger charge is -2.32. The molecule has 6 heteroatoms. The van der Waals surface area contributed by atoms with Crippen molar-refractivity contribution < 1.29 is 14.7 Å². The zero-order chi connectivity index (χ0) is 14.7. The Balaban J connectivity index is 2.12. The molecule has 0 saturated carbocycles. The molecule has 1 heterocycles. The third-order valence-corrected chi connectivity index (χ3v) is 4.25. The van der Waals surface area contributed by atoms with Crippen LogP contribution in [-0.2, 0) is 4.79 Å². The maximum Gasteiger partial charge on any atom is 0.303 e. The number of amides is 1.